The van der Waals surface area contributed by atoms with E-state index in [0.717, 1.165) is 30.8 Å². The van der Waals surface area contributed by atoms with Crippen LogP contribution in [-0.2, 0) is 4.65 Å². The van der Waals surface area contributed by atoms with Crippen molar-refractivity contribution in [1.29, 1.82) is 0 Å². The average molecular weight is 616 g/mol. The lowest BCUT2D eigenvalue weighted by atomic mass is 9.92. The van der Waals surface area contributed by atoms with Gasteiger partial charge in [-0.25, -0.2) is 0 Å². The van der Waals surface area contributed by atoms with Crippen molar-refractivity contribution in [2.45, 2.75) is 124 Å². The number of rotatable bonds is 23. The fraction of sp³-hybridized carbons (Fsp3) is 0.550. The van der Waals surface area contributed by atoms with Crippen LogP contribution in [0.1, 0.15) is 112 Å². The highest BCUT2D eigenvalue weighted by Gasteiger charge is 2.44. The summed E-state index contributed by atoms with van der Waals surface area (Å²) in [6.45, 7) is 15.3. The van der Waals surface area contributed by atoms with Crippen LogP contribution in [0.15, 0.2) is 91.0 Å². The van der Waals surface area contributed by atoms with Crippen LogP contribution in [0.2, 0.25) is 0 Å². The van der Waals surface area contributed by atoms with E-state index in [4.69, 9.17) is 14.0 Å². The highest BCUT2D eigenvalue weighted by Crippen LogP contribution is 2.30. The molecule has 0 saturated heterocycles. The third-order valence-corrected chi connectivity index (χ3v) is 8.52. The van der Waals surface area contributed by atoms with Crippen LogP contribution in [0, 0.1) is 6.07 Å². The maximum Gasteiger partial charge on any atom is 0.788 e. The minimum atomic E-state index is -0.800. The summed E-state index contributed by atoms with van der Waals surface area (Å²) in [7, 11) is -0.800. The van der Waals surface area contributed by atoms with E-state index in [1.807, 2.05) is 91.0 Å². The Hall–Kier alpha value is -2.76. The standard InChI is InChI=1S/C34H57BNO3.C6H5/c1-6-11-17-27-34(33(22-10-5)36(28-12-7-2,29-13-8-3)30-14-9-4)39-35(37-31-23-18-15-19-24-31)38-32-25-20-16-21-26-32;1-2-4-6-5-3-1/h15-16,18-21,23-26,33-34H,6-14,17,22,27-30H2,1-5H3;1-5H/q+1;-1. The van der Waals surface area contributed by atoms with Crippen molar-refractivity contribution in [1.82, 2.24) is 0 Å². The van der Waals surface area contributed by atoms with Gasteiger partial charge in [0.2, 0.25) is 0 Å². The van der Waals surface area contributed by atoms with E-state index in [1.165, 1.54) is 81.9 Å². The summed E-state index contributed by atoms with van der Waals surface area (Å²) >= 11 is 0. The van der Waals surface area contributed by atoms with Gasteiger partial charge in [-0.1, -0.05) is 116 Å². The van der Waals surface area contributed by atoms with Gasteiger partial charge in [0.1, 0.15) is 17.5 Å². The minimum Gasteiger partial charge on any atom is -0.501 e. The number of hydrogen-bond donors (Lipinski definition) is 0. The normalized spacial score (nSPS) is 12.5. The van der Waals surface area contributed by atoms with Gasteiger partial charge in [0.15, 0.2) is 0 Å². The van der Waals surface area contributed by atoms with Crippen molar-refractivity contribution in [3.05, 3.63) is 97.1 Å². The molecule has 0 aromatic heterocycles. The van der Waals surface area contributed by atoms with E-state index in [9.17, 15) is 0 Å². The van der Waals surface area contributed by atoms with Crippen LogP contribution >= 0.6 is 0 Å². The van der Waals surface area contributed by atoms with Crippen molar-refractivity contribution in [3.8, 4) is 11.5 Å². The van der Waals surface area contributed by atoms with Gasteiger partial charge in [0.05, 0.1) is 25.7 Å². The molecule has 3 aromatic carbocycles. The molecule has 3 aromatic rings. The second-order valence-corrected chi connectivity index (χ2v) is 12.2. The van der Waals surface area contributed by atoms with Gasteiger partial charge in [0, 0.05) is 6.42 Å². The van der Waals surface area contributed by atoms with Crippen molar-refractivity contribution in [2.75, 3.05) is 19.6 Å². The first kappa shape index (κ1) is 38.4. The Kier molecular flexibility index (Phi) is 20.9. The lowest BCUT2D eigenvalue weighted by molar-refractivity contribution is -0.955. The third-order valence-electron chi connectivity index (χ3n) is 8.52. The van der Waals surface area contributed by atoms with Gasteiger partial charge in [-0.15, -0.1) is 0 Å². The van der Waals surface area contributed by atoms with E-state index < -0.39 is 7.32 Å². The highest BCUT2D eigenvalue weighted by atomic mass is 16.7. The molecule has 45 heavy (non-hydrogen) atoms. The molecule has 0 fully saturated rings. The maximum atomic E-state index is 7.01. The molecular formula is C40H62BNO3. The summed E-state index contributed by atoms with van der Waals surface area (Å²) < 4.78 is 21.0. The smallest absolute Gasteiger partial charge is 0.501 e. The molecule has 0 radical (unpaired) electrons. The summed E-state index contributed by atoms with van der Waals surface area (Å²) in [5, 5.41) is 0. The van der Waals surface area contributed by atoms with Gasteiger partial charge < -0.3 is 18.4 Å². The molecule has 0 bridgehead atoms. The Morgan fingerprint density at radius 1 is 0.556 bits per heavy atom. The fourth-order valence-electron chi connectivity index (χ4n) is 6.09. The molecule has 5 heteroatoms. The second-order valence-electron chi connectivity index (χ2n) is 12.2. The van der Waals surface area contributed by atoms with E-state index in [1.54, 1.807) is 0 Å². The number of benzene rings is 3. The van der Waals surface area contributed by atoms with Gasteiger partial charge in [-0.2, -0.15) is 36.4 Å². The molecule has 3 rings (SSSR count). The average Bonchev–Trinajstić information content (AvgIpc) is 3.09. The molecule has 0 N–H and O–H groups in total. The summed E-state index contributed by atoms with van der Waals surface area (Å²) in [6.07, 6.45) is 14.5. The molecule has 2 atom stereocenters. The van der Waals surface area contributed by atoms with Crippen LogP contribution in [0.25, 0.3) is 0 Å². The molecule has 0 heterocycles. The first-order valence-corrected chi connectivity index (χ1v) is 18.0. The summed E-state index contributed by atoms with van der Waals surface area (Å²) in [4.78, 5) is 0. The molecule has 0 amide bonds. The van der Waals surface area contributed by atoms with Crippen LogP contribution < -0.4 is 9.31 Å². The topological polar surface area (TPSA) is 27.7 Å². The van der Waals surface area contributed by atoms with Crippen LogP contribution in [0.5, 0.6) is 11.5 Å². The molecular weight excluding hydrogens is 553 g/mol. The van der Waals surface area contributed by atoms with E-state index in [-0.39, 0.29) is 6.10 Å². The molecule has 2 unspecified atom stereocenters. The zero-order valence-electron chi connectivity index (χ0n) is 29.2. The highest BCUT2D eigenvalue weighted by molar-refractivity contribution is 6.38. The molecule has 0 aliphatic rings. The number of unbranched alkanes of at least 4 members (excludes halogenated alkanes) is 5. The zero-order valence-corrected chi connectivity index (χ0v) is 29.2. The van der Waals surface area contributed by atoms with Crippen LogP contribution in [0.4, 0.5) is 0 Å². The Bertz CT molecular complexity index is 963. The zero-order chi connectivity index (χ0) is 32.4. The molecule has 0 spiro atoms. The SMILES string of the molecule is CCCCCC(OB(Oc1ccccc1)Oc1ccccc1)C(CCC)[N+](CCCC)(CCCC)CCCC.[c-]1ccccc1. The monoisotopic (exact) mass is 615 g/mol. The quantitative estimate of drug-likeness (QED) is 0.0460. The van der Waals surface area contributed by atoms with Crippen molar-refractivity contribution in [2.24, 2.45) is 0 Å². The van der Waals surface area contributed by atoms with E-state index in [2.05, 4.69) is 40.7 Å². The summed E-state index contributed by atoms with van der Waals surface area (Å²) in [6, 6.07) is 32.8. The number of hydrogen-bond acceptors (Lipinski definition) is 3. The lowest BCUT2D eigenvalue weighted by Crippen LogP contribution is -2.62. The Labute approximate surface area is 277 Å². The van der Waals surface area contributed by atoms with Gasteiger partial charge >= 0.3 is 7.32 Å². The molecule has 0 aliphatic heterocycles. The Morgan fingerprint density at radius 2 is 1.02 bits per heavy atom. The minimum absolute atomic E-state index is 0.0690. The van der Waals surface area contributed by atoms with E-state index in [0.29, 0.717) is 6.04 Å². The number of para-hydroxylation sites is 2. The van der Waals surface area contributed by atoms with Gasteiger partial charge in [0.25, 0.3) is 0 Å². The number of nitrogens with zero attached hydrogens (tertiary/aromatic N) is 1. The van der Waals surface area contributed by atoms with E-state index >= 15 is 0 Å². The first-order chi connectivity index (χ1) is 22.1. The van der Waals surface area contributed by atoms with Crippen molar-refractivity contribution in [3.63, 3.8) is 0 Å². The Balaban J connectivity index is 0.00000105. The fourth-order valence-corrected chi connectivity index (χ4v) is 6.09. The molecule has 0 saturated carbocycles. The predicted octanol–water partition coefficient (Wildman–Crippen LogP) is 11.0. The van der Waals surface area contributed by atoms with Crippen LogP contribution in [-0.4, -0.2) is 43.6 Å². The van der Waals surface area contributed by atoms with Crippen LogP contribution in [0.3, 0.4) is 0 Å². The first-order valence-electron chi connectivity index (χ1n) is 18.0. The number of quaternary nitrogens is 1. The predicted molar refractivity (Wildman–Crippen MR) is 192 cm³/mol. The second kappa shape index (κ2) is 24.5. The van der Waals surface area contributed by atoms with Gasteiger partial charge in [-0.3, -0.25) is 0 Å². The largest absolute Gasteiger partial charge is 0.788 e. The molecule has 4 nitrogen and oxygen atoms in total. The van der Waals surface area contributed by atoms with Crippen molar-refractivity contribution >= 4 is 7.32 Å². The molecule has 248 valence electrons. The maximum absolute atomic E-state index is 7.01. The summed E-state index contributed by atoms with van der Waals surface area (Å²) in [5.74, 6) is 1.53. The summed E-state index contributed by atoms with van der Waals surface area (Å²) in [5.41, 5.74) is 0. The molecule has 0 aliphatic carbocycles. The van der Waals surface area contributed by atoms with Crippen molar-refractivity contribution < 1.29 is 18.4 Å². The third kappa shape index (κ3) is 15.4. The lowest BCUT2D eigenvalue weighted by Gasteiger charge is -2.48. The van der Waals surface area contributed by atoms with Gasteiger partial charge in [-0.05, 0) is 49.9 Å². The Morgan fingerprint density at radius 3 is 1.40 bits per heavy atom.